The lowest BCUT2D eigenvalue weighted by molar-refractivity contribution is 0.0736. The Balaban J connectivity index is 1.77. The number of esters is 1. The number of hydrogen-bond donors (Lipinski definition) is 0. The van der Waals surface area contributed by atoms with Gasteiger partial charge in [0, 0.05) is 0 Å². The first-order chi connectivity index (χ1) is 12.7. The maximum atomic E-state index is 12.8. The second-order valence-electron chi connectivity index (χ2n) is 5.51. The molecule has 0 unspecified atom stereocenters. The van der Waals surface area contributed by atoms with Crippen molar-refractivity contribution < 1.29 is 14.1 Å². The van der Waals surface area contributed by atoms with Gasteiger partial charge in [0.15, 0.2) is 0 Å². The number of hydrogen-bond acceptors (Lipinski definition) is 7. The van der Waals surface area contributed by atoms with Crippen LogP contribution in [0, 0.1) is 18.3 Å². The fourth-order valence-electron chi connectivity index (χ4n) is 2.57. The smallest absolute Gasteiger partial charge is 0.344 e. The third-order valence-electron chi connectivity index (χ3n) is 3.80. The summed E-state index contributed by atoms with van der Waals surface area (Å²) in [7, 11) is 0. The van der Waals surface area contributed by atoms with Crippen LogP contribution in [0.15, 0.2) is 52.4 Å². The molecule has 0 N–H and O–H groups in total. The van der Waals surface area contributed by atoms with Gasteiger partial charge in [0.05, 0.1) is 38.8 Å². The van der Waals surface area contributed by atoms with Crippen molar-refractivity contribution in [3.05, 3.63) is 64.7 Å². The molecule has 6 nitrogen and oxygen atoms in total. The Labute approximate surface area is 152 Å². The lowest BCUT2D eigenvalue weighted by atomic mass is 10.1. The van der Waals surface area contributed by atoms with Crippen LogP contribution in [-0.2, 0) is 0 Å². The van der Waals surface area contributed by atoms with Crippen LogP contribution in [0.5, 0.6) is 5.75 Å². The van der Waals surface area contributed by atoms with Crippen molar-refractivity contribution in [1.82, 2.24) is 10.1 Å². The van der Waals surface area contributed by atoms with Crippen LogP contribution in [-0.4, -0.2) is 16.1 Å². The number of ether oxygens (including phenoxy) is 1. The van der Waals surface area contributed by atoms with E-state index in [4.69, 9.17) is 14.5 Å². The number of carbonyl (C=O) groups is 1. The monoisotopic (exact) mass is 361 g/mol. The average molecular weight is 361 g/mol. The van der Waals surface area contributed by atoms with E-state index < -0.39 is 5.97 Å². The van der Waals surface area contributed by atoms with Gasteiger partial charge in [-0.3, -0.25) is 0 Å². The Morgan fingerprint density at radius 2 is 2.08 bits per heavy atom. The van der Waals surface area contributed by atoms with Gasteiger partial charge in [0.1, 0.15) is 5.75 Å². The highest BCUT2D eigenvalue weighted by Gasteiger charge is 2.21. The maximum absolute atomic E-state index is 12.8. The zero-order valence-corrected chi connectivity index (χ0v) is 14.4. The van der Waals surface area contributed by atoms with E-state index in [2.05, 4.69) is 10.1 Å². The van der Waals surface area contributed by atoms with Crippen LogP contribution < -0.4 is 4.74 Å². The fourth-order valence-corrected chi connectivity index (χ4v) is 3.25. The molecular weight excluding hydrogens is 350 g/mol. The summed E-state index contributed by atoms with van der Waals surface area (Å²) in [6.45, 7) is 1.75. The SMILES string of the molecule is Cc1noc2nc(-c3cccs3)cc(C(=O)Oc3ccc(C#N)cc3)c12. The Morgan fingerprint density at radius 3 is 2.77 bits per heavy atom. The summed E-state index contributed by atoms with van der Waals surface area (Å²) in [5.41, 5.74) is 2.31. The molecule has 0 saturated carbocycles. The molecule has 0 aliphatic heterocycles. The van der Waals surface area contributed by atoms with Gasteiger partial charge in [-0.2, -0.15) is 5.26 Å². The topological polar surface area (TPSA) is 89.0 Å². The molecule has 4 aromatic rings. The van der Waals surface area contributed by atoms with Crippen LogP contribution >= 0.6 is 11.3 Å². The number of rotatable bonds is 3. The fraction of sp³-hybridized carbons (Fsp3) is 0.0526. The van der Waals surface area contributed by atoms with Crippen LogP contribution in [0.2, 0.25) is 0 Å². The first kappa shape index (κ1) is 16.0. The predicted octanol–water partition coefficient (Wildman–Crippen LogP) is 4.35. The van der Waals surface area contributed by atoms with Gasteiger partial charge in [-0.05, 0) is 48.7 Å². The Bertz CT molecular complexity index is 1140. The van der Waals surface area contributed by atoms with Gasteiger partial charge < -0.3 is 9.26 Å². The first-order valence-corrected chi connectivity index (χ1v) is 8.57. The van der Waals surface area contributed by atoms with E-state index in [1.165, 1.54) is 11.3 Å². The number of carbonyl (C=O) groups excluding carboxylic acids is 1. The molecular formula is C19H11N3O3S. The summed E-state index contributed by atoms with van der Waals surface area (Å²) < 4.78 is 10.7. The Kier molecular flexibility index (Phi) is 3.95. The lowest BCUT2D eigenvalue weighted by Crippen LogP contribution is -2.10. The van der Waals surface area contributed by atoms with E-state index in [9.17, 15) is 4.79 Å². The van der Waals surface area contributed by atoms with E-state index in [1.54, 1.807) is 37.3 Å². The van der Waals surface area contributed by atoms with E-state index in [0.29, 0.717) is 39.4 Å². The Hall–Kier alpha value is -3.50. The minimum Gasteiger partial charge on any atom is -0.423 e. The molecule has 4 rings (SSSR count). The molecule has 0 saturated heterocycles. The van der Waals surface area contributed by atoms with Crippen molar-refractivity contribution in [3.8, 4) is 22.4 Å². The molecule has 0 amide bonds. The highest BCUT2D eigenvalue weighted by Crippen LogP contribution is 2.30. The molecule has 0 fully saturated rings. The van der Waals surface area contributed by atoms with Gasteiger partial charge in [-0.25, -0.2) is 9.78 Å². The summed E-state index contributed by atoms with van der Waals surface area (Å²) in [6.07, 6.45) is 0. The molecule has 126 valence electrons. The second-order valence-corrected chi connectivity index (χ2v) is 6.45. The van der Waals surface area contributed by atoms with Gasteiger partial charge in [0.25, 0.3) is 5.71 Å². The molecule has 0 radical (unpaired) electrons. The highest BCUT2D eigenvalue weighted by atomic mass is 32.1. The lowest BCUT2D eigenvalue weighted by Gasteiger charge is -2.07. The largest absolute Gasteiger partial charge is 0.423 e. The second kappa shape index (κ2) is 6.43. The molecule has 0 atom stereocenters. The molecule has 1 aromatic carbocycles. The first-order valence-electron chi connectivity index (χ1n) is 7.69. The van der Waals surface area contributed by atoms with E-state index >= 15 is 0 Å². The number of aromatic nitrogens is 2. The third-order valence-corrected chi connectivity index (χ3v) is 4.70. The van der Waals surface area contributed by atoms with Crippen LogP contribution in [0.4, 0.5) is 0 Å². The van der Waals surface area contributed by atoms with Crippen molar-refractivity contribution in [2.45, 2.75) is 6.92 Å². The molecule has 3 heterocycles. The average Bonchev–Trinajstić information content (AvgIpc) is 3.32. The van der Waals surface area contributed by atoms with Crippen LogP contribution in [0.25, 0.3) is 21.7 Å². The van der Waals surface area contributed by atoms with Crippen LogP contribution in [0.1, 0.15) is 21.6 Å². The van der Waals surface area contributed by atoms with Crippen molar-refractivity contribution in [1.29, 1.82) is 5.26 Å². The summed E-state index contributed by atoms with van der Waals surface area (Å²) in [5.74, 6) is -0.183. The predicted molar refractivity (Wildman–Crippen MR) is 96.0 cm³/mol. The number of nitriles is 1. The Morgan fingerprint density at radius 1 is 1.27 bits per heavy atom. The van der Waals surface area contributed by atoms with Gasteiger partial charge in [-0.1, -0.05) is 11.2 Å². The molecule has 0 bridgehead atoms. The summed E-state index contributed by atoms with van der Waals surface area (Å²) >= 11 is 1.51. The molecule has 0 spiro atoms. The number of pyridine rings is 1. The molecule has 0 aliphatic carbocycles. The van der Waals surface area contributed by atoms with E-state index in [0.717, 1.165) is 4.88 Å². The maximum Gasteiger partial charge on any atom is 0.344 e. The van der Waals surface area contributed by atoms with Crippen LogP contribution in [0.3, 0.4) is 0 Å². The summed E-state index contributed by atoms with van der Waals surface area (Å²) in [6, 6.07) is 13.9. The zero-order chi connectivity index (χ0) is 18.1. The van der Waals surface area contributed by atoms with Crippen molar-refractivity contribution in [2.75, 3.05) is 0 Å². The van der Waals surface area contributed by atoms with Crippen molar-refractivity contribution >= 4 is 28.4 Å². The normalized spacial score (nSPS) is 10.6. The van der Waals surface area contributed by atoms with Gasteiger partial charge >= 0.3 is 5.97 Å². The highest BCUT2D eigenvalue weighted by molar-refractivity contribution is 7.13. The zero-order valence-electron chi connectivity index (χ0n) is 13.6. The number of fused-ring (bicyclic) bond motifs is 1. The summed E-state index contributed by atoms with van der Waals surface area (Å²) in [5, 5.41) is 15.2. The number of nitrogens with zero attached hydrogens (tertiary/aromatic N) is 3. The molecule has 0 aliphatic rings. The molecule has 3 aromatic heterocycles. The standard InChI is InChI=1S/C19H11N3O3S/c1-11-17-14(19(23)24-13-6-4-12(10-20)5-7-13)9-15(16-3-2-8-26-16)21-18(17)25-22-11/h2-9H,1H3. The minimum absolute atomic E-state index is 0.292. The number of aryl methyl sites for hydroxylation is 1. The third kappa shape index (κ3) is 2.83. The quantitative estimate of drug-likeness (QED) is 0.398. The van der Waals surface area contributed by atoms with Crippen molar-refractivity contribution in [3.63, 3.8) is 0 Å². The van der Waals surface area contributed by atoms with Gasteiger partial charge in [0.2, 0.25) is 0 Å². The van der Waals surface area contributed by atoms with Gasteiger partial charge in [-0.15, -0.1) is 11.3 Å². The summed E-state index contributed by atoms with van der Waals surface area (Å²) in [4.78, 5) is 18.1. The molecule has 7 heteroatoms. The van der Waals surface area contributed by atoms with E-state index in [-0.39, 0.29) is 0 Å². The molecule has 26 heavy (non-hydrogen) atoms. The minimum atomic E-state index is -0.536. The van der Waals surface area contributed by atoms with Crippen molar-refractivity contribution in [2.24, 2.45) is 0 Å². The number of thiophene rings is 1. The number of benzene rings is 1. The van der Waals surface area contributed by atoms with E-state index in [1.807, 2.05) is 23.6 Å².